The lowest BCUT2D eigenvalue weighted by Crippen LogP contribution is -2.40. The molecule has 0 bridgehead atoms. The average Bonchev–Trinajstić information content (AvgIpc) is 2.49. The molecule has 2 aliphatic rings. The van der Waals surface area contributed by atoms with Gasteiger partial charge in [-0.25, -0.2) is 4.39 Å². The van der Waals surface area contributed by atoms with E-state index in [1.807, 2.05) is 0 Å². The predicted molar refractivity (Wildman–Crippen MR) is 84.9 cm³/mol. The Bertz CT molecular complexity index is 611. The molecular weight excluding hydrogens is 281 g/mol. The molecule has 0 aromatic carbocycles. The first-order valence-electron chi connectivity index (χ1n) is 7.82. The van der Waals surface area contributed by atoms with Gasteiger partial charge in [0.1, 0.15) is 0 Å². The van der Waals surface area contributed by atoms with Crippen LogP contribution in [0.2, 0.25) is 0 Å². The first-order chi connectivity index (χ1) is 10.5. The highest BCUT2D eigenvalue weighted by atomic mass is 19.1. The van der Waals surface area contributed by atoms with Gasteiger partial charge in [0.15, 0.2) is 12.0 Å². The molecule has 1 aromatic rings. The third kappa shape index (κ3) is 2.96. The van der Waals surface area contributed by atoms with Gasteiger partial charge in [0.2, 0.25) is 11.9 Å². The maximum absolute atomic E-state index is 13.5. The van der Waals surface area contributed by atoms with Crippen molar-refractivity contribution in [2.45, 2.75) is 45.3 Å². The summed E-state index contributed by atoms with van der Waals surface area (Å²) in [7, 11) is 0. The number of hydrogen-bond acceptors (Lipinski definition) is 5. The summed E-state index contributed by atoms with van der Waals surface area (Å²) < 4.78 is 13.5. The van der Waals surface area contributed by atoms with E-state index in [0.29, 0.717) is 17.8 Å². The Hall–Kier alpha value is -1.98. The van der Waals surface area contributed by atoms with Crippen LogP contribution in [0, 0.1) is 11.8 Å². The fourth-order valence-electron chi connectivity index (χ4n) is 3.35. The first kappa shape index (κ1) is 14.9. The van der Waals surface area contributed by atoms with E-state index in [9.17, 15) is 4.39 Å². The third-order valence-electron chi connectivity index (χ3n) is 4.57. The number of hydrogen-bond donors (Lipinski definition) is 2. The number of nitrogens with zero attached hydrogens (tertiary/aromatic N) is 3. The van der Waals surface area contributed by atoms with Crippen LogP contribution in [0.15, 0.2) is 23.8 Å². The predicted octanol–water partition coefficient (Wildman–Crippen LogP) is 3.20. The topological polar surface area (TPSA) is 76.7 Å². The molecule has 4 atom stereocenters. The molecule has 0 saturated heterocycles. The molecule has 6 heteroatoms. The number of nitrogens with two attached hydrogens (primary N) is 1. The molecule has 1 fully saturated rings. The first-order valence-corrected chi connectivity index (χ1v) is 7.82. The van der Waals surface area contributed by atoms with Crippen LogP contribution in [0.5, 0.6) is 0 Å². The Balaban J connectivity index is 1.85. The summed E-state index contributed by atoms with van der Waals surface area (Å²) in [5, 5.41) is 3.38. The van der Waals surface area contributed by atoms with Gasteiger partial charge < -0.3 is 11.1 Å². The summed E-state index contributed by atoms with van der Waals surface area (Å²) >= 11 is 0. The third-order valence-corrected chi connectivity index (χ3v) is 4.57. The summed E-state index contributed by atoms with van der Waals surface area (Å²) in [5.41, 5.74) is 7.15. The van der Waals surface area contributed by atoms with Crippen molar-refractivity contribution in [3.63, 3.8) is 0 Å². The minimum Gasteiger partial charge on any atom is -0.368 e. The molecule has 2 aliphatic carbocycles. The molecule has 4 unspecified atom stereocenters. The van der Waals surface area contributed by atoms with Crippen molar-refractivity contribution in [2.24, 2.45) is 11.8 Å². The van der Waals surface area contributed by atoms with Crippen molar-refractivity contribution in [3.05, 3.63) is 29.6 Å². The van der Waals surface area contributed by atoms with E-state index >= 15 is 0 Å². The Morgan fingerprint density at radius 1 is 1.36 bits per heavy atom. The number of fused-ring (bicyclic) bond motifs is 1. The van der Waals surface area contributed by atoms with Gasteiger partial charge in [0.05, 0.1) is 0 Å². The van der Waals surface area contributed by atoms with Crippen molar-refractivity contribution >= 4 is 11.9 Å². The van der Waals surface area contributed by atoms with Gasteiger partial charge in [-0.3, -0.25) is 0 Å². The molecule has 0 radical (unpaired) electrons. The van der Waals surface area contributed by atoms with E-state index in [2.05, 4.69) is 45.4 Å². The lowest BCUT2D eigenvalue weighted by Gasteiger charge is -2.39. The number of alkyl halides is 1. The zero-order valence-electron chi connectivity index (χ0n) is 13.0. The fraction of sp³-hybridized carbons (Fsp3) is 0.562. The molecule has 3 rings (SSSR count). The number of anilines is 2. The zero-order valence-corrected chi connectivity index (χ0v) is 13.0. The summed E-state index contributed by atoms with van der Waals surface area (Å²) in [6, 6.07) is 0.231. The van der Waals surface area contributed by atoms with E-state index < -0.39 is 6.17 Å². The number of allylic oxidation sites excluding steroid dienone is 3. The summed E-state index contributed by atoms with van der Waals surface area (Å²) in [4.78, 5) is 12.1. The number of nitrogen functional groups attached to an aromatic ring is 1. The Morgan fingerprint density at radius 2 is 2.18 bits per heavy atom. The number of halogens is 1. The van der Waals surface area contributed by atoms with Crippen LogP contribution in [0.1, 0.15) is 45.1 Å². The second-order valence-electron chi connectivity index (χ2n) is 6.19. The highest BCUT2D eigenvalue weighted by Gasteiger charge is 2.34. The summed E-state index contributed by atoms with van der Waals surface area (Å²) in [6.45, 7) is 3.63. The van der Waals surface area contributed by atoms with Gasteiger partial charge in [-0.15, -0.1) is 0 Å². The van der Waals surface area contributed by atoms with Gasteiger partial charge in [0.25, 0.3) is 0 Å². The van der Waals surface area contributed by atoms with Crippen LogP contribution in [-0.2, 0) is 0 Å². The molecule has 1 saturated carbocycles. The zero-order chi connectivity index (χ0) is 15.7. The maximum atomic E-state index is 13.5. The highest BCUT2D eigenvalue weighted by molar-refractivity contribution is 5.36. The van der Waals surface area contributed by atoms with Crippen LogP contribution in [0.4, 0.5) is 16.3 Å². The second-order valence-corrected chi connectivity index (χ2v) is 6.19. The SMILES string of the molecule is CC(F)c1nc(N)nc(NC2C(C)CCC3=CC=CCC32)n1. The monoisotopic (exact) mass is 303 g/mol. The largest absolute Gasteiger partial charge is 0.368 e. The number of nitrogens with one attached hydrogen (secondary N) is 1. The van der Waals surface area contributed by atoms with Gasteiger partial charge >= 0.3 is 0 Å². The molecule has 0 aliphatic heterocycles. The molecule has 118 valence electrons. The fourth-order valence-corrected chi connectivity index (χ4v) is 3.35. The second kappa shape index (κ2) is 6.02. The number of rotatable bonds is 3. The van der Waals surface area contributed by atoms with Gasteiger partial charge in [0, 0.05) is 12.0 Å². The Morgan fingerprint density at radius 3 is 2.95 bits per heavy atom. The summed E-state index contributed by atoms with van der Waals surface area (Å²) in [5.74, 6) is 1.45. The smallest absolute Gasteiger partial charge is 0.228 e. The molecule has 0 spiro atoms. The van der Waals surface area contributed by atoms with Crippen LogP contribution in [-0.4, -0.2) is 21.0 Å². The quantitative estimate of drug-likeness (QED) is 0.896. The molecule has 3 N–H and O–H groups in total. The van der Waals surface area contributed by atoms with Crippen LogP contribution < -0.4 is 11.1 Å². The molecular formula is C16H22FN5. The molecule has 22 heavy (non-hydrogen) atoms. The van der Waals surface area contributed by atoms with Crippen molar-refractivity contribution in [1.29, 1.82) is 0 Å². The minimum atomic E-state index is -1.26. The Kier molecular flexibility index (Phi) is 4.09. The van der Waals surface area contributed by atoms with Gasteiger partial charge in [-0.05, 0) is 32.1 Å². The number of aromatic nitrogens is 3. The Labute approximate surface area is 129 Å². The van der Waals surface area contributed by atoms with E-state index in [1.54, 1.807) is 0 Å². The van der Waals surface area contributed by atoms with Crippen molar-refractivity contribution in [3.8, 4) is 0 Å². The normalized spacial score (nSPS) is 28.7. The van der Waals surface area contributed by atoms with Crippen LogP contribution >= 0.6 is 0 Å². The summed E-state index contributed by atoms with van der Waals surface area (Å²) in [6.07, 6.45) is 8.55. The van der Waals surface area contributed by atoms with Crippen LogP contribution in [0.25, 0.3) is 0 Å². The lowest BCUT2D eigenvalue weighted by molar-refractivity contribution is 0.312. The molecule has 0 amide bonds. The maximum Gasteiger partial charge on any atom is 0.228 e. The molecule has 1 aromatic heterocycles. The van der Waals surface area contributed by atoms with Crippen molar-refractivity contribution < 1.29 is 4.39 Å². The van der Waals surface area contributed by atoms with Crippen LogP contribution in [0.3, 0.4) is 0 Å². The van der Waals surface area contributed by atoms with Gasteiger partial charge in [-0.1, -0.05) is 30.7 Å². The molecule has 5 nitrogen and oxygen atoms in total. The van der Waals surface area contributed by atoms with E-state index in [-0.39, 0.29) is 17.8 Å². The van der Waals surface area contributed by atoms with E-state index in [4.69, 9.17) is 5.73 Å². The standard InChI is InChI=1S/C16H22FN5/c1-9-7-8-11-5-3-4-6-12(11)13(9)19-16-21-14(10(2)17)20-15(18)22-16/h3-5,9-10,12-13H,6-8H2,1-2H3,(H3,18,19,20,21,22). The van der Waals surface area contributed by atoms with Crippen molar-refractivity contribution in [1.82, 2.24) is 15.0 Å². The minimum absolute atomic E-state index is 0.0553. The molecule has 1 heterocycles. The lowest BCUT2D eigenvalue weighted by atomic mass is 9.71. The average molecular weight is 303 g/mol. The van der Waals surface area contributed by atoms with E-state index in [0.717, 1.165) is 19.3 Å². The van der Waals surface area contributed by atoms with Gasteiger partial charge in [-0.2, -0.15) is 15.0 Å². The van der Waals surface area contributed by atoms with Crippen molar-refractivity contribution in [2.75, 3.05) is 11.1 Å². The highest BCUT2D eigenvalue weighted by Crippen LogP contribution is 2.38. The van der Waals surface area contributed by atoms with E-state index in [1.165, 1.54) is 12.5 Å².